The van der Waals surface area contributed by atoms with E-state index in [1.54, 1.807) is 0 Å². The number of ether oxygens (including phenoxy) is 1. The van der Waals surface area contributed by atoms with Gasteiger partial charge in [-0.2, -0.15) is 0 Å². The van der Waals surface area contributed by atoms with Gasteiger partial charge >= 0.3 is 6.09 Å². The minimum Gasteiger partial charge on any atom is -0.453 e. The van der Waals surface area contributed by atoms with Gasteiger partial charge in [0, 0.05) is 0 Å². The minimum absolute atomic E-state index is 0.421. The number of benzene rings is 1. The second-order valence-electron chi connectivity index (χ2n) is 3.16. The Morgan fingerprint density at radius 2 is 1.88 bits per heavy atom. The van der Waals surface area contributed by atoms with E-state index >= 15 is 0 Å². The van der Waals surface area contributed by atoms with Crippen molar-refractivity contribution >= 4 is 40.9 Å². The van der Waals surface area contributed by atoms with Gasteiger partial charge in [0.05, 0.1) is 7.11 Å². The summed E-state index contributed by atoms with van der Waals surface area (Å²) in [5.41, 5.74) is 0.455. The van der Waals surface area contributed by atoms with E-state index in [4.69, 9.17) is 34.8 Å². The van der Waals surface area contributed by atoms with Gasteiger partial charge in [0.15, 0.2) is 0 Å². The number of hydrogen-bond acceptors (Lipinski definition) is 2. The van der Waals surface area contributed by atoms with Crippen LogP contribution in [0.25, 0.3) is 0 Å². The van der Waals surface area contributed by atoms with Gasteiger partial charge in [-0.1, -0.05) is 46.9 Å². The van der Waals surface area contributed by atoms with E-state index in [9.17, 15) is 9.18 Å². The topological polar surface area (TPSA) is 38.3 Å². The van der Waals surface area contributed by atoms with Crippen molar-refractivity contribution in [3.8, 4) is 0 Å². The Labute approximate surface area is 113 Å². The summed E-state index contributed by atoms with van der Waals surface area (Å²) in [6, 6.07) is 4.31. The number of carbonyl (C=O) groups is 1. The van der Waals surface area contributed by atoms with E-state index in [2.05, 4.69) is 10.1 Å². The molecule has 1 N–H and O–H groups in total. The molecule has 0 radical (unpaired) electrons. The highest BCUT2D eigenvalue weighted by atomic mass is 35.6. The molecular formula is C10H9Cl3FNO2. The first kappa shape index (κ1) is 14.4. The zero-order valence-corrected chi connectivity index (χ0v) is 11.0. The van der Waals surface area contributed by atoms with Crippen molar-refractivity contribution in [1.29, 1.82) is 0 Å². The van der Waals surface area contributed by atoms with Crippen molar-refractivity contribution < 1.29 is 13.9 Å². The number of carbonyl (C=O) groups excluding carboxylic acids is 1. The predicted octanol–water partition coefficient (Wildman–Crippen LogP) is 3.59. The van der Waals surface area contributed by atoms with E-state index in [0.717, 1.165) is 0 Å². The Balaban J connectivity index is 2.98. The van der Waals surface area contributed by atoms with E-state index in [1.165, 1.54) is 31.4 Å². The second kappa shape index (κ2) is 5.76. The predicted molar refractivity (Wildman–Crippen MR) is 65.0 cm³/mol. The number of alkyl carbamates (subject to hydrolysis) is 1. The second-order valence-corrected chi connectivity index (χ2v) is 5.53. The Hall–Kier alpha value is -0.710. The molecule has 1 unspecified atom stereocenters. The summed E-state index contributed by atoms with van der Waals surface area (Å²) in [5.74, 6) is -0.421. The number of alkyl halides is 3. The monoisotopic (exact) mass is 299 g/mol. The molecule has 3 nitrogen and oxygen atoms in total. The molecule has 17 heavy (non-hydrogen) atoms. The average molecular weight is 301 g/mol. The molecule has 0 saturated carbocycles. The van der Waals surface area contributed by atoms with Gasteiger partial charge in [-0.25, -0.2) is 9.18 Å². The smallest absolute Gasteiger partial charge is 0.407 e. The van der Waals surface area contributed by atoms with Crippen LogP contribution in [0.3, 0.4) is 0 Å². The van der Waals surface area contributed by atoms with E-state index in [0.29, 0.717) is 5.56 Å². The molecule has 1 aromatic carbocycles. The fraction of sp³-hybridized carbons (Fsp3) is 0.300. The molecule has 7 heteroatoms. The minimum atomic E-state index is -1.77. The molecule has 0 saturated heterocycles. The third-order valence-electron chi connectivity index (χ3n) is 1.98. The lowest BCUT2D eigenvalue weighted by Crippen LogP contribution is -2.36. The summed E-state index contributed by atoms with van der Waals surface area (Å²) < 4.78 is 15.4. The van der Waals surface area contributed by atoms with Crippen molar-refractivity contribution in [3.05, 3.63) is 35.6 Å². The number of halogens is 4. The largest absolute Gasteiger partial charge is 0.453 e. The lowest BCUT2D eigenvalue weighted by atomic mass is 10.1. The molecule has 0 aliphatic rings. The van der Waals surface area contributed by atoms with Crippen molar-refractivity contribution in [2.75, 3.05) is 7.11 Å². The van der Waals surface area contributed by atoms with E-state index in [-0.39, 0.29) is 0 Å². The third kappa shape index (κ3) is 4.22. The Kier molecular flexibility index (Phi) is 4.86. The summed E-state index contributed by atoms with van der Waals surface area (Å²) in [4.78, 5) is 11.1. The molecule has 94 valence electrons. The number of methoxy groups -OCH3 is 1. The molecule has 1 atom stereocenters. The summed E-state index contributed by atoms with van der Waals surface area (Å²) in [5, 5.41) is 2.36. The van der Waals surface area contributed by atoms with Gasteiger partial charge in [-0.05, 0) is 17.7 Å². The van der Waals surface area contributed by atoms with Crippen LogP contribution in [0.15, 0.2) is 24.3 Å². The highest BCUT2D eigenvalue weighted by molar-refractivity contribution is 6.68. The quantitative estimate of drug-likeness (QED) is 0.848. The van der Waals surface area contributed by atoms with Gasteiger partial charge in [0.2, 0.25) is 3.79 Å². The molecule has 1 rings (SSSR count). The van der Waals surface area contributed by atoms with Crippen molar-refractivity contribution in [2.24, 2.45) is 0 Å². The first-order valence-electron chi connectivity index (χ1n) is 4.51. The van der Waals surface area contributed by atoms with Crippen molar-refractivity contribution in [2.45, 2.75) is 9.83 Å². The molecule has 0 fully saturated rings. The van der Waals surface area contributed by atoms with E-state index in [1.807, 2.05) is 0 Å². The van der Waals surface area contributed by atoms with Gasteiger partial charge in [-0.15, -0.1) is 0 Å². The zero-order valence-electron chi connectivity index (χ0n) is 8.72. The van der Waals surface area contributed by atoms with Crippen LogP contribution in [0.4, 0.5) is 9.18 Å². The van der Waals surface area contributed by atoms with Crippen LogP contribution in [0.2, 0.25) is 0 Å². The van der Waals surface area contributed by atoms with Crippen molar-refractivity contribution in [1.82, 2.24) is 5.32 Å². The maximum absolute atomic E-state index is 12.8. The number of nitrogens with one attached hydrogen (secondary N) is 1. The van der Waals surface area contributed by atoms with Gasteiger partial charge in [0.1, 0.15) is 11.9 Å². The maximum Gasteiger partial charge on any atom is 0.407 e. The maximum atomic E-state index is 12.8. The van der Waals surface area contributed by atoms with Gasteiger partial charge in [-0.3, -0.25) is 0 Å². The third-order valence-corrected chi connectivity index (χ3v) is 2.63. The number of rotatable bonds is 2. The van der Waals surface area contributed by atoms with Gasteiger partial charge < -0.3 is 10.1 Å². The Bertz CT molecular complexity index is 392. The lowest BCUT2D eigenvalue weighted by molar-refractivity contribution is 0.166. The molecule has 1 amide bonds. The normalized spacial score (nSPS) is 13.0. The molecule has 0 aromatic heterocycles. The zero-order chi connectivity index (χ0) is 13.1. The summed E-state index contributed by atoms with van der Waals surface area (Å²) in [7, 11) is 1.19. The standard InChI is InChI=1S/C10H9Cl3FNO2/c1-17-9(16)15-8(10(11,12)13)6-2-4-7(14)5-3-6/h2-5,8H,1H3,(H,15,16). The van der Waals surface area contributed by atoms with Gasteiger partial charge in [0.25, 0.3) is 0 Å². The van der Waals surface area contributed by atoms with Crippen LogP contribution in [0.1, 0.15) is 11.6 Å². The van der Waals surface area contributed by atoms with Crippen molar-refractivity contribution in [3.63, 3.8) is 0 Å². The SMILES string of the molecule is COC(=O)NC(c1ccc(F)cc1)C(Cl)(Cl)Cl. The fourth-order valence-corrected chi connectivity index (χ4v) is 1.73. The first-order valence-corrected chi connectivity index (χ1v) is 5.64. The molecule has 0 bridgehead atoms. The molecule has 1 aromatic rings. The molecular weight excluding hydrogens is 291 g/mol. The Morgan fingerprint density at radius 1 is 1.35 bits per heavy atom. The van der Waals surface area contributed by atoms with Crippen LogP contribution >= 0.6 is 34.8 Å². The van der Waals surface area contributed by atoms with Crippen LogP contribution in [-0.4, -0.2) is 17.0 Å². The summed E-state index contributed by atoms with van der Waals surface area (Å²) >= 11 is 17.2. The highest BCUT2D eigenvalue weighted by Gasteiger charge is 2.35. The van der Waals surface area contributed by atoms with Crippen LogP contribution < -0.4 is 5.32 Å². The fourth-order valence-electron chi connectivity index (χ4n) is 1.19. The average Bonchev–Trinajstić information content (AvgIpc) is 2.25. The van der Waals surface area contributed by atoms with E-state index < -0.39 is 21.7 Å². The lowest BCUT2D eigenvalue weighted by Gasteiger charge is -2.25. The van der Waals surface area contributed by atoms with Crippen LogP contribution in [0.5, 0.6) is 0 Å². The molecule has 0 heterocycles. The number of hydrogen-bond donors (Lipinski definition) is 1. The first-order chi connectivity index (χ1) is 7.84. The highest BCUT2D eigenvalue weighted by Crippen LogP contribution is 2.39. The summed E-state index contributed by atoms with van der Waals surface area (Å²) in [6.45, 7) is 0. The Morgan fingerprint density at radius 3 is 2.29 bits per heavy atom. The molecule has 0 aliphatic heterocycles. The molecule has 0 spiro atoms. The summed E-state index contributed by atoms with van der Waals surface area (Å²) in [6.07, 6.45) is -0.745. The number of amides is 1. The molecule has 0 aliphatic carbocycles. The van der Waals surface area contributed by atoms with Crippen LogP contribution in [0, 0.1) is 5.82 Å². The van der Waals surface area contributed by atoms with Crippen LogP contribution in [-0.2, 0) is 4.74 Å².